The Labute approximate surface area is 185 Å². The first-order chi connectivity index (χ1) is 15.0. The fourth-order valence-corrected chi connectivity index (χ4v) is 3.34. The minimum absolute atomic E-state index is 0.0990. The number of amides is 1. The number of nitrogens with one attached hydrogen (secondary N) is 1. The number of likely N-dealkylation sites (N-methyl/N-ethyl adjacent to an activating group) is 1. The first kappa shape index (κ1) is 22.1. The highest BCUT2D eigenvalue weighted by atomic mass is 35.5. The summed E-state index contributed by atoms with van der Waals surface area (Å²) in [6, 6.07) is 15.9. The number of hydrogen-bond donors (Lipinski definition) is 2. The highest BCUT2D eigenvalue weighted by Gasteiger charge is 2.18. The van der Waals surface area contributed by atoms with Gasteiger partial charge in [0.2, 0.25) is 5.88 Å². The van der Waals surface area contributed by atoms with Crippen molar-refractivity contribution in [1.29, 1.82) is 0 Å². The second kappa shape index (κ2) is 10.4. The molecule has 31 heavy (non-hydrogen) atoms. The van der Waals surface area contributed by atoms with Crippen molar-refractivity contribution < 1.29 is 19.5 Å². The Morgan fingerprint density at radius 2 is 1.94 bits per heavy atom. The van der Waals surface area contributed by atoms with Gasteiger partial charge in [-0.2, -0.15) is 0 Å². The van der Waals surface area contributed by atoms with E-state index in [2.05, 4.69) is 15.5 Å². The lowest BCUT2D eigenvalue weighted by molar-refractivity contribution is -0.114. The number of benzene rings is 2. The number of aromatic nitrogens is 1. The second-order valence-corrected chi connectivity index (χ2v) is 7.05. The largest absolute Gasteiger partial charge is 0.508 e. The van der Waals surface area contributed by atoms with E-state index in [1.165, 1.54) is 20.2 Å². The fraction of sp³-hybridized carbons (Fsp3) is 0.174. The number of hydrogen-bond acceptors (Lipinski definition) is 6. The molecule has 3 aromatic rings. The predicted molar refractivity (Wildman–Crippen MR) is 119 cm³/mol. The van der Waals surface area contributed by atoms with Gasteiger partial charge in [0.05, 0.1) is 0 Å². The smallest absolute Gasteiger partial charge is 0.273 e. The number of ether oxygens (including phenoxy) is 1. The van der Waals surface area contributed by atoms with Gasteiger partial charge in [0.1, 0.15) is 19.5 Å². The molecular formula is C23H22ClN3O4. The SMILES string of the molecule is CNC(=O)C(=NOC)c1ccccc1COc1ncccc1Cc1cc(O)cc(Cl)c1. The monoisotopic (exact) mass is 439 g/mol. The van der Waals surface area contributed by atoms with Gasteiger partial charge in [-0.05, 0) is 35.4 Å². The molecule has 0 bridgehead atoms. The Hall–Kier alpha value is -3.58. The molecule has 0 fully saturated rings. The molecule has 0 aliphatic heterocycles. The lowest BCUT2D eigenvalue weighted by Gasteiger charge is -2.14. The number of halogens is 1. The molecule has 0 aliphatic rings. The molecule has 0 spiro atoms. The first-order valence-corrected chi connectivity index (χ1v) is 9.86. The highest BCUT2D eigenvalue weighted by Crippen LogP contribution is 2.25. The molecular weight excluding hydrogens is 418 g/mol. The molecule has 0 saturated carbocycles. The van der Waals surface area contributed by atoms with Crippen molar-refractivity contribution >= 4 is 23.2 Å². The van der Waals surface area contributed by atoms with Crippen LogP contribution in [0.3, 0.4) is 0 Å². The molecule has 8 heteroatoms. The Morgan fingerprint density at radius 3 is 2.68 bits per heavy atom. The maximum atomic E-state index is 12.2. The van der Waals surface area contributed by atoms with Crippen LogP contribution in [0, 0.1) is 0 Å². The summed E-state index contributed by atoms with van der Waals surface area (Å²) in [5, 5.41) is 16.7. The molecule has 2 N–H and O–H groups in total. The highest BCUT2D eigenvalue weighted by molar-refractivity contribution is 6.45. The van der Waals surface area contributed by atoms with E-state index in [0.717, 1.165) is 16.7 Å². The summed E-state index contributed by atoms with van der Waals surface area (Å²) in [5.74, 6) is 0.178. The van der Waals surface area contributed by atoms with Crippen molar-refractivity contribution in [2.75, 3.05) is 14.2 Å². The molecule has 1 aromatic heterocycles. The van der Waals surface area contributed by atoms with Crippen molar-refractivity contribution in [3.63, 3.8) is 0 Å². The van der Waals surface area contributed by atoms with Gasteiger partial charge < -0.3 is 20.0 Å². The van der Waals surface area contributed by atoms with Crippen molar-refractivity contribution in [2.45, 2.75) is 13.0 Å². The zero-order chi connectivity index (χ0) is 22.2. The maximum absolute atomic E-state index is 12.2. The zero-order valence-electron chi connectivity index (χ0n) is 17.1. The lowest BCUT2D eigenvalue weighted by atomic mass is 10.0. The lowest BCUT2D eigenvalue weighted by Crippen LogP contribution is -2.29. The van der Waals surface area contributed by atoms with E-state index in [1.807, 2.05) is 30.3 Å². The minimum atomic E-state index is -0.367. The average molecular weight is 440 g/mol. The number of carbonyl (C=O) groups is 1. The van der Waals surface area contributed by atoms with Crippen molar-refractivity contribution in [2.24, 2.45) is 5.16 Å². The van der Waals surface area contributed by atoms with Gasteiger partial charge in [0.25, 0.3) is 5.91 Å². The van der Waals surface area contributed by atoms with E-state index >= 15 is 0 Å². The van der Waals surface area contributed by atoms with Gasteiger partial charge in [-0.3, -0.25) is 4.79 Å². The normalized spacial score (nSPS) is 11.1. The van der Waals surface area contributed by atoms with Crippen LogP contribution in [0.15, 0.2) is 65.9 Å². The van der Waals surface area contributed by atoms with E-state index in [4.69, 9.17) is 21.2 Å². The molecule has 0 aliphatic carbocycles. The summed E-state index contributed by atoms with van der Waals surface area (Å²) >= 11 is 6.05. The molecule has 1 amide bonds. The molecule has 0 unspecified atom stereocenters. The molecule has 1 heterocycles. The summed E-state index contributed by atoms with van der Waals surface area (Å²) in [6.45, 7) is 0.167. The third-order valence-electron chi connectivity index (χ3n) is 4.45. The van der Waals surface area contributed by atoms with Crippen LogP contribution in [0.5, 0.6) is 11.6 Å². The number of pyridine rings is 1. The van der Waals surface area contributed by atoms with E-state index in [9.17, 15) is 9.90 Å². The van der Waals surface area contributed by atoms with Crippen LogP contribution in [0.4, 0.5) is 0 Å². The molecule has 0 atom stereocenters. The molecule has 0 saturated heterocycles. The third-order valence-corrected chi connectivity index (χ3v) is 4.67. The summed E-state index contributed by atoms with van der Waals surface area (Å²) in [5.41, 5.74) is 3.16. The quantitative estimate of drug-likeness (QED) is 0.412. The van der Waals surface area contributed by atoms with Crippen LogP contribution >= 0.6 is 11.6 Å². The Balaban J connectivity index is 1.85. The minimum Gasteiger partial charge on any atom is -0.508 e. The van der Waals surface area contributed by atoms with Crippen LogP contribution in [0.1, 0.15) is 22.3 Å². The number of nitrogens with zero attached hydrogens (tertiary/aromatic N) is 2. The van der Waals surface area contributed by atoms with Gasteiger partial charge in [0, 0.05) is 35.8 Å². The first-order valence-electron chi connectivity index (χ1n) is 9.48. The number of phenols is 1. The third kappa shape index (κ3) is 5.73. The summed E-state index contributed by atoms with van der Waals surface area (Å²) in [7, 11) is 2.91. The standard InChI is InChI=1S/C23H22ClN3O4/c1-25-22(29)21(27-30-2)20-8-4-3-6-17(20)14-31-23-16(7-5-9-26-23)10-15-11-18(24)13-19(28)12-15/h3-9,11-13,28H,10,14H2,1-2H3,(H,25,29). The van der Waals surface area contributed by atoms with Crippen LogP contribution in [-0.2, 0) is 22.7 Å². The van der Waals surface area contributed by atoms with Crippen molar-refractivity contribution in [3.05, 3.63) is 88.1 Å². The molecule has 7 nitrogen and oxygen atoms in total. The van der Waals surface area contributed by atoms with E-state index in [0.29, 0.717) is 22.9 Å². The topological polar surface area (TPSA) is 93.0 Å². The number of oxime groups is 1. The maximum Gasteiger partial charge on any atom is 0.273 e. The molecule has 3 rings (SSSR count). The predicted octanol–water partition coefficient (Wildman–Crippen LogP) is 3.71. The number of carbonyl (C=O) groups excluding carboxylic acids is 1. The van der Waals surface area contributed by atoms with Crippen LogP contribution in [-0.4, -0.2) is 35.9 Å². The Morgan fingerprint density at radius 1 is 1.16 bits per heavy atom. The van der Waals surface area contributed by atoms with Crippen LogP contribution in [0.2, 0.25) is 5.02 Å². The van der Waals surface area contributed by atoms with Gasteiger partial charge in [0.15, 0.2) is 5.71 Å². The van der Waals surface area contributed by atoms with Crippen molar-refractivity contribution in [1.82, 2.24) is 10.3 Å². The van der Waals surface area contributed by atoms with Gasteiger partial charge >= 0.3 is 0 Å². The number of aromatic hydroxyl groups is 1. The van der Waals surface area contributed by atoms with Gasteiger partial charge in [-0.15, -0.1) is 0 Å². The summed E-state index contributed by atoms with van der Waals surface area (Å²) in [4.78, 5) is 21.4. The van der Waals surface area contributed by atoms with Gasteiger partial charge in [-0.1, -0.05) is 47.1 Å². The second-order valence-electron chi connectivity index (χ2n) is 6.61. The zero-order valence-corrected chi connectivity index (χ0v) is 17.9. The van der Waals surface area contributed by atoms with Crippen LogP contribution < -0.4 is 10.1 Å². The van der Waals surface area contributed by atoms with E-state index < -0.39 is 0 Å². The Bertz CT molecular complexity index is 1080. The molecule has 0 radical (unpaired) electrons. The van der Waals surface area contributed by atoms with E-state index in [1.54, 1.807) is 24.4 Å². The summed E-state index contributed by atoms with van der Waals surface area (Å²) < 4.78 is 6.00. The average Bonchev–Trinajstić information content (AvgIpc) is 2.76. The summed E-state index contributed by atoms with van der Waals surface area (Å²) in [6.07, 6.45) is 2.12. The number of rotatable bonds is 8. The fourth-order valence-electron chi connectivity index (χ4n) is 3.09. The number of phenolic OH excluding ortho intramolecular Hbond substituents is 1. The molecule has 160 valence electrons. The van der Waals surface area contributed by atoms with Crippen LogP contribution in [0.25, 0.3) is 0 Å². The Kier molecular flexibility index (Phi) is 7.45. The van der Waals surface area contributed by atoms with E-state index in [-0.39, 0.29) is 24.0 Å². The van der Waals surface area contributed by atoms with Crippen molar-refractivity contribution in [3.8, 4) is 11.6 Å². The van der Waals surface area contributed by atoms with Gasteiger partial charge in [-0.25, -0.2) is 4.98 Å². The molecule has 2 aromatic carbocycles.